The first-order chi connectivity index (χ1) is 8.25. The maximum absolute atomic E-state index is 11.7. The summed E-state index contributed by atoms with van der Waals surface area (Å²) < 4.78 is 0. The first-order valence-corrected chi connectivity index (χ1v) is 7.26. The number of carbonyl (C=O) groups excluding carboxylic acids is 1. The van der Waals surface area contributed by atoms with E-state index in [-0.39, 0.29) is 5.91 Å². The molecule has 0 heterocycles. The Morgan fingerprint density at radius 3 is 2.53 bits per heavy atom. The van der Waals surface area contributed by atoms with Crippen LogP contribution in [0.15, 0.2) is 0 Å². The van der Waals surface area contributed by atoms with E-state index in [1.54, 1.807) is 0 Å². The van der Waals surface area contributed by atoms with Crippen molar-refractivity contribution in [1.82, 2.24) is 10.6 Å². The molecule has 2 saturated carbocycles. The lowest BCUT2D eigenvalue weighted by atomic mass is 9.95. The highest BCUT2D eigenvalue weighted by atomic mass is 16.1. The number of nitrogens with one attached hydrogen (secondary N) is 2. The molecule has 2 N–H and O–H groups in total. The Hall–Kier alpha value is -0.570. The minimum Gasteiger partial charge on any atom is -0.352 e. The summed E-state index contributed by atoms with van der Waals surface area (Å²) in [7, 11) is 0. The van der Waals surface area contributed by atoms with Crippen molar-refractivity contribution in [2.75, 3.05) is 13.1 Å². The molecule has 0 aromatic heterocycles. The maximum atomic E-state index is 11.7. The molecule has 2 aliphatic carbocycles. The molecule has 0 aliphatic heterocycles. The molecule has 3 heteroatoms. The topological polar surface area (TPSA) is 41.1 Å². The molecular formula is C14H26N2O. The predicted molar refractivity (Wildman–Crippen MR) is 69.8 cm³/mol. The van der Waals surface area contributed by atoms with Gasteiger partial charge in [-0.3, -0.25) is 4.79 Å². The lowest BCUT2D eigenvalue weighted by Gasteiger charge is -2.23. The summed E-state index contributed by atoms with van der Waals surface area (Å²) in [6.45, 7) is 3.76. The van der Waals surface area contributed by atoms with Gasteiger partial charge in [-0.2, -0.15) is 0 Å². The smallest absolute Gasteiger partial charge is 0.234 e. The maximum Gasteiger partial charge on any atom is 0.234 e. The molecule has 3 nitrogen and oxygen atoms in total. The van der Waals surface area contributed by atoms with E-state index in [1.807, 2.05) is 0 Å². The average molecular weight is 238 g/mol. The molecule has 17 heavy (non-hydrogen) atoms. The summed E-state index contributed by atoms with van der Waals surface area (Å²) in [5.41, 5.74) is 0. The number of hydrogen-bond acceptors (Lipinski definition) is 2. The van der Waals surface area contributed by atoms with Crippen molar-refractivity contribution in [3.05, 3.63) is 0 Å². The van der Waals surface area contributed by atoms with E-state index < -0.39 is 0 Å². The molecule has 0 saturated heterocycles. The van der Waals surface area contributed by atoms with Gasteiger partial charge in [0.1, 0.15) is 0 Å². The van der Waals surface area contributed by atoms with Crippen LogP contribution in [0.3, 0.4) is 0 Å². The molecule has 2 aliphatic rings. The molecule has 0 bridgehead atoms. The van der Waals surface area contributed by atoms with Gasteiger partial charge < -0.3 is 10.6 Å². The normalized spacial score (nSPS) is 23.4. The van der Waals surface area contributed by atoms with Crippen LogP contribution in [0.1, 0.15) is 51.9 Å². The summed E-state index contributed by atoms with van der Waals surface area (Å²) >= 11 is 0. The van der Waals surface area contributed by atoms with E-state index in [1.165, 1.54) is 44.9 Å². The van der Waals surface area contributed by atoms with Crippen LogP contribution < -0.4 is 10.6 Å². The summed E-state index contributed by atoms with van der Waals surface area (Å²) in [5, 5.41) is 6.42. The van der Waals surface area contributed by atoms with Crippen LogP contribution in [-0.2, 0) is 4.79 Å². The van der Waals surface area contributed by atoms with Gasteiger partial charge in [-0.1, -0.05) is 26.2 Å². The Morgan fingerprint density at radius 2 is 1.88 bits per heavy atom. The van der Waals surface area contributed by atoms with Crippen LogP contribution in [0.25, 0.3) is 0 Å². The van der Waals surface area contributed by atoms with E-state index in [0.29, 0.717) is 12.6 Å². The Bertz CT molecular complexity index is 245. The second kappa shape index (κ2) is 6.39. The van der Waals surface area contributed by atoms with Crippen molar-refractivity contribution < 1.29 is 4.79 Å². The highest BCUT2D eigenvalue weighted by Gasteiger charge is 2.27. The zero-order valence-electron chi connectivity index (χ0n) is 11.0. The third kappa shape index (κ3) is 4.66. The van der Waals surface area contributed by atoms with Crippen LogP contribution in [0, 0.1) is 11.8 Å². The van der Waals surface area contributed by atoms with Gasteiger partial charge in [0, 0.05) is 6.04 Å². The first-order valence-electron chi connectivity index (χ1n) is 7.26. The van der Waals surface area contributed by atoms with Crippen molar-refractivity contribution in [3.8, 4) is 0 Å². The van der Waals surface area contributed by atoms with Gasteiger partial charge in [0.25, 0.3) is 0 Å². The van der Waals surface area contributed by atoms with Gasteiger partial charge in [0.15, 0.2) is 0 Å². The molecule has 2 fully saturated rings. The third-order valence-corrected chi connectivity index (χ3v) is 4.15. The van der Waals surface area contributed by atoms with Crippen molar-refractivity contribution >= 4 is 5.91 Å². The predicted octanol–water partition coefficient (Wildman–Crippen LogP) is 2.07. The third-order valence-electron chi connectivity index (χ3n) is 4.15. The van der Waals surface area contributed by atoms with Gasteiger partial charge in [0.2, 0.25) is 5.91 Å². The highest BCUT2D eigenvalue weighted by molar-refractivity contribution is 5.78. The van der Waals surface area contributed by atoms with Crippen molar-refractivity contribution in [2.24, 2.45) is 11.8 Å². The average Bonchev–Trinajstić information content (AvgIpc) is 3.14. The van der Waals surface area contributed by atoms with E-state index in [2.05, 4.69) is 17.6 Å². The molecule has 0 aromatic carbocycles. The van der Waals surface area contributed by atoms with Crippen LogP contribution in [0.2, 0.25) is 0 Å². The minimum absolute atomic E-state index is 0.180. The monoisotopic (exact) mass is 238 g/mol. The van der Waals surface area contributed by atoms with Crippen LogP contribution >= 0.6 is 0 Å². The molecule has 1 atom stereocenters. The van der Waals surface area contributed by atoms with Gasteiger partial charge in [0.05, 0.1) is 6.54 Å². The quantitative estimate of drug-likeness (QED) is 0.744. The molecule has 0 aromatic rings. The van der Waals surface area contributed by atoms with Crippen molar-refractivity contribution in [2.45, 2.75) is 57.9 Å². The first kappa shape index (κ1) is 12.9. The minimum atomic E-state index is 0.180. The zero-order valence-corrected chi connectivity index (χ0v) is 11.0. The molecule has 0 radical (unpaired) electrons. The fourth-order valence-electron chi connectivity index (χ4n) is 2.77. The number of carbonyl (C=O) groups is 1. The van der Waals surface area contributed by atoms with Gasteiger partial charge in [-0.05, 0) is 44.1 Å². The zero-order chi connectivity index (χ0) is 12.1. The fourth-order valence-corrected chi connectivity index (χ4v) is 2.77. The second-order valence-electron chi connectivity index (χ2n) is 5.85. The highest BCUT2D eigenvalue weighted by Crippen LogP contribution is 2.35. The van der Waals surface area contributed by atoms with E-state index in [4.69, 9.17) is 0 Å². The largest absolute Gasteiger partial charge is 0.352 e. The second-order valence-corrected chi connectivity index (χ2v) is 5.85. The molecule has 98 valence electrons. The van der Waals surface area contributed by atoms with Gasteiger partial charge in [-0.15, -0.1) is 0 Å². The molecule has 1 amide bonds. The number of rotatable bonds is 6. The summed E-state index contributed by atoms with van der Waals surface area (Å²) in [6.07, 6.45) is 9.00. The van der Waals surface area contributed by atoms with E-state index in [9.17, 15) is 4.79 Å². The molecule has 1 unspecified atom stereocenters. The number of hydrogen-bond donors (Lipinski definition) is 2. The summed E-state index contributed by atoms with van der Waals surface area (Å²) in [6, 6.07) is 0.443. The Morgan fingerprint density at radius 1 is 1.18 bits per heavy atom. The van der Waals surface area contributed by atoms with Crippen LogP contribution in [0.5, 0.6) is 0 Å². The van der Waals surface area contributed by atoms with Gasteiger partial charge >= 0.3 is 0 Å². The van der Waals surface area contributed by atoms with E-state index in [0.717, 1.165) is 18.4 Å². The van der Waals surface area contributed by atoms with E-state index >= 15 is 0 Å². The molecule has 0 spiro atoms. The lowest BCUT2D eigenvalue weighted by Crippen LogP contribution is -2.42. The Kier molecular flexibility index (Phi) is 4.84. The van der Waals surface area contributed by atoms with Gasteiger partial charge in [-0.25, -0.2) is 0 Å². The lowest BCUT2D eigenvalue weighted by molar-refractivity contribution is -0.121. The summed E-state index contributed by atoms with van der Waals surface area (Å²) in [5.74, 6) is 1.83. The standard InChI is InChI=1S/C14H26N2O/c1-11(12-7-8-12)9-15-10-14(17)16-13-5-3-2-4-6-13/h11-13,15H,2-10H2,1H3,(H,16,17). The molecule has 2 rings (SSSR count). The SMILES string of the molecule is CC(CNCC(=O)NC1CCCCC1)C1CC1. The Balaban J connectivity index is 1.53. The van der Waals surface area contributed by atoms with Crippen molar-refractivity contribution in [3.63, 3.8) is 0 Å². The fraction of sp³-hybridized carbons (Fsp3) is 0.929. The molecular weight excluding hydrogens is 212 g/mol. The van der Waals surface area contributed by atoms with Crippen molar-refractivity contribution in [1.29, 1.82) is 0 Å². The van der Waals surface area contributed by atoms with Crippen LogP contribution in [-0.4, -0.2) is 25.0 Å². The summed E-state index contributed by atoms with van der Waals surface area (Å²) in [4.78, 5) is 11.7. The Labute approximate surface area is 105 Å². The van der Waals surface area contributed by atoms with Crippen LogP contribution in [0.4, 0.5) is 0 Å². The number of amides is 1.